The molecule has 0 aromatic heterocycles. The van der Waals surface area contributed by atoms with E-state index in [0.717, 1.165) is 25.1 Å². The van der Waals surface area contributed by atoms with Crippen molar-refractivity contribution >= 4 is 0 Å². The molecule has 0 fully saturated rings. The molecule has 1 aromatic carbocycles. The predicted octanol–water partition coefficient (Wildman–Crippen LogP) is 1.51. The normalized spacial score (nSPS) is 10.6. The molecule has 0 aliphatic rings. The quantitative estimate of drug-likeness (QED) is 0.699. The van der Waals surface area contributed by atoms with Crippen molar-refractivity contribution in [2.24, 2.45) is 0 Å². The van der Waals surface area contributed by atoms with Crippen LogP contribution in [0.4, 0.5) is 4.39 Å². The molecule has 1 rings (SSSR count). The first kappa shape index (κ1) is 12.1. The third kappa shape index (κ3) is 3.61. The van der Waals surface area contributed by atoms with Crippen LogP contribution < -0.4 is 5.32 Å². The van der Waals surface area contributed by atoms with Crippen LogP contribution in [0.25, 0.3) is 0 Å². The molecule has 0 spiro atoms. The molecule has 0 heterocycles. The first-order chi connectivity index (χ1) is 7.29. The van der Waals surface area contributed by atoms with E-state index in [1.807, 2.05) is 13.0 Å². The lowest BCUT2D eigenvalue weighted by atomic mass is 10.0. The predicted molar refractivity (Wildman–Crippen MR) is 59.4 cm³/mol. The molecule has 0 bridgehead atoms. The summed E-state index contributed by atoms with van der Waals surface area (Å²) in [6.45, 7) is 3.80. The van der Waals surface area contributed by atoms with E-state index in [1.54, 1.807) is 6.07 Å². The van der Waals surface area contributed by atoms with Gasteiger partial charge in [0.1, 0.15) is 5.82 Å². The summed E-state index contributed by atoms with van der Waals surface area (Å²) in [5.74, 6) is -0.210. The lowest BCUT2D eigenvalue weighted by Gasteiger charge is -2.09. The van der Waals surface area contributed by atoms with Crippen LogP contribution in [0.2, 0.25) is 0 Å². The number of hydrogen-bond acceptors (Lipinski definition) is 2. The summed E-state index contributed by atoms with van der Waals surface area (Å²) in [6, 6.07) is 5.09. The number of benzene rings is 1. The molecule has 15 heavy (non-hydrogen) atoms. The SMILES string of the molecule is CCNCCc1cccc(F)c1CCO. The Labute approximate surface area is 90.1 Å². The van der Waals surface area contributed by atoms with Crippen LogP contribution in [0.1, 0.15) is 18.1 Å². The van der Waals surface area contributed by atoms with Crippen LogP contribution in [0, 0.1) is 5.82 Å². The standard InChI is InChI=1S/C12H18FNO/c1-2-14-8-6-10-4-3-5-12(13)11(10)7-9-15/h3-5,14-15H,2,6-9H2,1H3. The molecule has 0 saturated carbocycles. The van der Waals surface area contributed by atoms with Crippen molar-refractivity contribution in [1.29, 1.82) is 0 Å². The molecule has 0 atom stereocenters. The number of rotatable bonds is 6. The van der Waals surface area contributed by atoms with Crippen molar-refractivity contribution in [3.05, 3.63) is 35.1 Å². The van der Waals surface area contributed by atoms with Crippen molar-refractivity contribution < 1.29 is 9.50 Å². The molecule has 2 N–H and O–H groups in total. The molecule has 0 saturated heterocycles. The van der Waals surface area contributed by atoms with Crippen molar-refractivity contribution in [1.82, 2.24) is 5.32 Å². The molecule has 0 radical (unpaired) electrons. The van der Waals surface area contributed by atoms with Gasteiger partial charge in [0.25, 0.3) is 0 Å². The van der Waals surface area contributed by atoms with Crippen molar-refractivity contribution in [3.8, 4) is 0 Å². The van der Waals surface area contributed by atoms with Gasteiger partial charge in [0.05, 0.1) is 0 Å². The highest BCUT2D eigenvalue weighted by Gasteiger charge is 2.06. The second-order valence-corrected chi connectivity index (χ2v) is 3.45. The van der Waals surface area contributed by atoms with Gasteiger partial charge in [-0.25, -0.2) is 4.39 Å². The number of aliphatic hydroxyl groups is 1. The zero-order chi connectivity index (χ0) is 11.1. The van der Waals surface area contributed by atoms with Gasteiger partial charge in [-0.05, 0) is 43.1 Å². The van der Waals surface area contributed by atoms with E-state index >= 15 is 0 Å². The molecule has 0 unspecified atom stereocenters. The highest BCUT2D eigenvalue weighted by molar-refractivity contribution is 5.29. The fraction of sp³-hybridized carbons (Fsp3) is 0.500. The second-order valence-electron chi connectivity index (χ2n) is 3.45. The second kappa shape index (κ2) is 6.53. The topological polar surface area (TPSA) is 32.3 Å². The van der Waals surface area contributed by atoms with Gasteiger partial charge >= 0.3 is 0 Å². The molecular formula is C12H18FNO. The third-order valence-electron chi connectivity index (χ3n) is 2.40. The largest absolute Gasteiger partial charge is 0.396 e. The minimum atomic E-state index is -0.210. The van der Waals surface area contributed by atoms with Crippen LogP contribution >= 0.6 is 0 Å². The molecule has 0 aliphatic carbocycles. The average Bonchev–Trinajstić information content (AvgIpc) is 2.23. The summed E-state index contributed by atoms with van der Waals surface area (Å²) in [5.41, 5.74) is 1.64. The zero-order valence-corrected chi connectivity index (χ0v) is 9.09. The van der Waals surface area contributed by atoms with Crippen LogP contribution in [-0.2, 0) is 12.8 Å². The number of likely N-dealkylation sites (N-methyl/N-ethyl adjacent to an activating group) is 1. The fourth-order valence-corrected chi connectivity index (χ4v) is 1.63. The highest BCUT2D eigenvalue weighted by atomic mass is 19.1. The Bertz CT molecular complexity index is 302. The van der Waals surface area contributed by atoms with Crippen LogP contribution in [0.3, 0.4) is 0 Å². The lowest BCUT2D eigenvalue weighted by Crippen LogP contribution is -2.17. The van der Waals surface area contributed by atoms with E-state index in [4.69, 9.17) is 5.11 Å². The first-order valence-corrected chi connectivity index (χ1v) is 5.37. The first-order valence-electron chi connectivity index (χ1n) is 5.37. The van der Waals surface area contributed by atoms with E-state index in [0.29, 0.717) is 12.0 Å². The summed E-state index contributed by atoms with van der Waals surface area (Å²) >= 11 is 0. The van der Waals surface area contributed by atoms with Crippen molar-refractivity contribution in [3.63, 3.8) is 0 Å². The third-order valence-corrected chi connectivity index (χ3v) is 2.40. The summed E-state index contributed by atoms with van der Waals surface area (Å²) in [7, 11) is 0. The smallest absolute Gasteiger partial charge is 0.126 e. The Kier molecular flexibility index (Phi) is 5.29. The van der Waals surface area contributed by atoms with Gasteiger partial charge in [-0.15, -0.1) is 0 Å². The van der Waals surface area contributed by atoms with Crippen LogP contribution in [0.5, 0.6) is 0 Å². The maximum Gasteiger partial charge on any atom is 0.126 e. The Morgan fingerprint density at radius 3 is 2.80 bits per heavy atom. The van der Waals surface area contributed by atoms with Gasteiger partial charge in [0.15, 0.2) is 0 Å². The zero-order valence-electron chi connectivity index (χ0n) is 9.09. The molecule has 1 aromatic rings. The molecule has 0 amide bonds. The lowest BCUT2D eigenvalue weighted by molar-refractivity contribution is 0.297. The number of halogens is 1. The van der Waals surface area contributed by atoms with Gasteiger partial charge in [-0.3, -0.25) is 0 Å². The Balaban J connectivity index is 2.71. The number of aliphatic hydroxyl groups excluding tert-OH is 1. The van der Waals surface area contributed by atoms with Gasteiger partial charge in [0.2, 0.25) is 0 Å². The van der Waals surface area contributed by atoms with Crippen molar-refractivity contribution in [2.75, 3.05) is 19.7 Å². The minimum Gasteiger partial charge on any atom is -0.396 e. The van der Waals surface area contributed by atoms with Gasteiger partial charge in [0, 0.05) is 6.61 Å². The Morgan fingerprint density at radius 1 is 1.33 bits per heavy atom. The van der Waals surface area contributed by atoms with Gasteiger partial charge in [-0.1, -0.05) is 19.1 Å². The fourth-order valence-electron chi connectivity index (χ4n) is 1.63. The van der Waals surface area contributed by atoms with E-state index in [2.05, 4.69) is 5.32 Å². The van der Waals surface area contributed by atoms with Gasteiger partial charge in [-0.2, -0.15) is 0 Å². The summed E-state index contributed by atoms with van der Waals surface area (Å²) < 4.78 is 13.4. The maximum atomic E-state index is 13.4. The van der Waals surface area contributed by atoms with Gasteiger partial charge < -0.3 is 10.4 Å². The Hall–Kier alpha value is -0.930. The average molecular weight is 211 g/mol. The summed E-state index contributed by atoms with van der Waals surface area (Å²) in [5, 5.41) is 12.1. The summed E-state index contributed by atoms with van der Waals surface area (Å²) in [4.78, 5) is 0. The van der Waals surface area contributed by atoms with Crippen LogP contribution in [-0.4, -0.2) is 24.8 Å². The molecule has 3 heteroatoms. The maximum absolute atomic E-state index is 13.4. The number of nitrogens with one attached hydrogen (secondary N) is 1. The van der Waals surface area contributed by atoms with Crippen LogP contribution in [0.15, 0.2) is 18.2 Å². The van der Waals surface area contributed by atoms with E-state index in [-0.39, 0.29) is 12.4 Å². The van der Waals surface area contributed by atoms with Crippen molar-refractivity contribution in [2.45, 2.75) is 19.8 Å². The highest BCUT2D eigenvalue weighted by Crippen LogP contribution is 2.14. The summed E-state index contributed by atoms with van der Waals surface area (Å²) in [6.07, 6.45) is 1.20. The molecule has 84 valence electrons. The molecule has 0 aliphatic heterocycles. The van der Waals surface area contributed by atoms with E-state index in [9.17, 15) is 4.39 Å². The van der Waals surface area contributed by atoms with E-state index in [1.165, 1.54) is 6.07 Å². The minimum absolute atomic E-state index is 0.00482. The molecular weight excluding hydrogens is 193 g/mol. The monoisotopic (exact) mass is 211 g/mol. The van der Waals surface area contributed by atoms with E-state index < -0.39 is 0 Å². The Morgan fingerprint density at radius 2 is 2.13 bits per heavy atom. The number of hydrogen-bond donors (Lipinski definition) is 2. The molecule has 2 nitrogen and oxygen atoms in total.